The third-order valence-corrected chi connectivity index (χ3v) is 3.35. The van der Waals surface area contributed by atoms with Gasteiger partial charge in [0.2, 0.25) is 5.91 Å². The average molecular weight is 301 g/mol. The number of urea groups is 1. The predicted molar refractivity (Wildman–Crippen MR) is 74.8 cm³/mol. The number of carbonyl (C=O) groups is 3. The van der Waals surface area contributed by atoms with Crippen molar-refractivity contribution in [3.05, 3.63) is 0 Å². The summed E-state index contributed by atoms with van der Waals surface area (Å²) in [5.41, 5.74) is 0. The summed E-state index contributed by atoms with van der Waals surface area (Å²) in [6.07, 6.45) is 0. The van der Waals surface area contributed by atoms with Crippen LogP contribution in [-0.4, -0.2) is 77.7 Å². The van der Waals surface area contributed by atoms with Gasteiger partial charge in [0.05, 0.1) is 13.2 Å². The highest BCUT2D eigenvalue weighted by atomic mass is 16.5. The van der Waals surface area contributed by atoms with Crippen LogP contribution in [0.15, 0.2) is 0 Å². The molecule has 2 N–H and O–H groups in total. The molecule has 3 amide bonds. The van der Waals surface area contributed by atoms with Gasteiger partial charge in [-0.15, -0.1) is 0 Å². The molecule has 0 aromatic carbocycles. The van der Waals surface area contributed by atoms with Crippen LogP contribution < -0.4 is 5.32 Å². The van der Waals surface area contributed by atoms with Crippen LogP contribution in [0.1, 0.15) is 20.8 Å². The first-order chi connectivity index (χ1) is 9.75. The van der Waals surface area contributed by atoms with E-state index in [9.17, 15) is 14.4 Å². The molecule has 0 bridgehead atoms. The van der Waals surface area contributed by atoms with Crippen LogP contribution in [0.3, 0.4) is 0 Å². The van der Waals surface area contributed by atoms with Crippen molar-refractivity contribution in [1.82, 2.24) is 15.1 Å². The first-order valence-electron chi connectivity index (χ1n) is 6.90. The Hall–Kier alpha value is -1.83. The molecule has 8 nitrogen and oxygen atoms in total. The number of carboxylic acids is 1. The van der Waals surface area contributed by atoms with Crippen LogP contribution in [0.2, 0.25) is 0 Å². The van der Waals surface area contributed by atoms with E-state index in [0.717, 1.165) is 4.90 Å². The smallest absolute Gasteiger partial charge is 0.326 e. The maximum Gasteiger partial charge on any atom is 0.326 e. The normalized spacial score (nSPS) is 20.0. The second kappa shape index (κ2) is 7.26. The molecule has 21 heavy (non-hydrogen) atoms. The molecule has 1 aliphatic rings. The molecule has 2 unspecified atom stereocenters. The second-order valence-corrected chi connectivity index (χ2v) is 5.36. The van der Waals surface area contributed by atoms with Crippen molar-refractivity contribution in [2.75, 3.05) is 26.8 Å². The van der Waals surface area contributed by atoms with Crippen LogP contribution in [0.4, 0.5) is 4.79 Å². The maximum atomic E-state index is 12.4. The lowest BCUT2D eigenvalue weighted by Gasteiger charge is -2.38. The van der Waals surface area contributed by atoms with Gasteiger partial charge in [-0.25, -0.2) is 9.59 Å². The molecule has 0 aromatic rings. The molecular weight excluding hydrogens is 278 g/mol. The topological polar surface area (TPSA) is 99.2 Å². The van der Waals surface area contributed by atoms with Gasteiger partial charge in [0.1, 0.15) is 12.1 Å². The first kappa shape index (κ1) is 17.2. The maximum absolute atomic E-state index is 12.4. The summed E-state index contributed by atoms with van der Waals surface area (Å²) in [5.74, 6) is -1.39. The molecular formula is C13H23N3O5. The predicted octanol–water partition coefficient (Wildman–Crippen LogP) is -0.263. The van der Waals surface area contributed by atoms with Gasteiger partial charge >= 0.3 is 12.0 Å². The van der Waals surface area contributed by atoms with Crippen molar-refractivity contribution in [1.29, 1.82) is 0 Å². The van der Waals surface area contributed by atoms with Gasteiger partial charge in [0.25, 0.3) is 0 Å². The minimum Gasteiger partial charge on any atom is -0.480 e. The van der Waals surface area contributed by atoms with Crippen LogP contribution in [0.25, 0.3) is 0 Å². The Kier molecular flexibility index (Phi) is 5.95. The molecule has 1 fully saturated rings. The van der Waals surface area contributed by atoms with Crippen molar-refractivity contribution in [2.45, 2.75) is 38.9 Å². The summed E-state index contributed by atoms with van der Waals surface area (Å²) < 4.78 is 5.26. The Morgan fingerprint density at radius 1 is 1.33 bits per heavy atom. The highest BCUT2D eigenvalue weighted by Gasteiger charge is 2.36. The third kappa shape index (κ3) is 4.32. The van der Waals surface area contributed by atoms with Gasteiger partial charge in [-0.2, -0.15) is 0 Å². The summed E-state index contributed by atoms with van der Waals surface area (Å²) in [5, 5.41) is 11.7. The molecule has 0 aliphatic carbocycles. The molecule has 1 saturated heterocycles. The molecule has 2 atom stereocenters. The SMILES string of the molecule is CC(C)NC(=O)C1COCCN1C(=O)N(C)C(C)C(=O)O. The zero-order valence-electron chi connectivity index (χ0n) is 12.8. The van der Waals surface area contributed by atoms with Gasteiger partial charge < -0.3 is 25.0 Å². The Bertz CT molecular complexity index is 413. The van der Waals surface area contributed by atoms with Crippen LogP contribution in [0.5, 0.6) is 0 Å². The van der Waals surface area contributed by atoms with E-state index in [1.54, 1.807) is 0 Å². The number of likely N-dealkylation sites (N-methyl/N-ethyl adjacent to an activating group) is 1. The number of nitrogens with zero attached hydrogens (tertiary/aromatic N) is 2. The first-order valence-corrected chi connectivity index (χ1v) is 6.90. The highest BCUT2D eigenvalue weighted by Crippen LogP contribution is 2.12. The standard InChI is InChI=1S/C13H23N3O5/c1-8(2)14-11(17)10-7-21-6-5-16(10)13(20)15(4)9(3)12(18)19/h8-10H,5-7H2,1-4H3,(H,14,17)(H,18,19). The van der Waals surface area contributed by atoms with Gasteiger partial charge in [-0.05, 0) is 20.8 Å². The fourth-order valence-corrected chi connectivity index (χ4v) is 1.96. The Morgan fingerprint density at radius 3 is 2.48 bits per heavy atom. The number of carboxylic acid groups (broad SMARTS) is 1. The Labute approximate surface area is 124 Å². The van der Waals surface area contributed by atoms with E-state index in [4.69, 9.17) is 9.84 Å². The summed E-state index contributed by atoms with van der Waals surface area (Å²) in [6.45, 7) is 5.76. The molecule has 1 aliphatic heterocycles. The molecule has 1 heterocycles. The number of amides is 3. The van der Waals surface area contributed by atoms with Crippen molar-refractivity contribution in [3.8, 4) is 0 Å². The third-order valence-electron chi connectivity index (χ3n) is 3.35. The van der Waals surface area contributed by atoms with E-state index in [-0.39, 0.29) is 25.1 Å². The molecule has 0 saturated carbocycles. The van der Waals surface area contributed by atoms with Crippen LogP contribution in [-0.2, 0) is 14.3 Å². The number of rotatable bonds is 4. The van der Waals surface area contributed by atoms with E-state index in [1.807, 2.05) is 13.8 Å². The fourth-order valence-electron chi connectivity index (χ4n) is 1.96. The number of hydrogen-bond acceptors (Lipinski definition) is 4. The van der Waals surface area contributed by atoms with E-state index < -0.39 is 24.1 Å². The lowest BCUT2D eigenvalue weighted by molar-refractivity contribution is -0.141. The zero-order chi connectivity index (χ0) is 16.2. The van der Waals surface area contributed by atoms with Crippen molar-refractivity contribution in [2.24, 2.45) is 0 Å². The number of nitrogens with one attached hydrogen (secondary N) is 1. The Morgan fingerprint density at radius 2 is 1.95 bits per heavy atom. The average Bonchev–Trinajstić information content (AvgIpc) is 2.44. The number of carbonyl (C=O) groups excluding carboxylic acids is 2. The summed E-state index contributed by atoms with van der Waals surface area (Å²) in [4.78, 5) is 38.0. The molecule has 120 valence electrons. The lowest BCUT2D eigenvalue weighted by Crippen LogP contribution is -2.60. The minimum absolute atomic E-state index is 0.0490. The molecule has 0 spiro atoms. The van der Waals surface area contributed by atoms with Gasteiger partial charge in [0, 0.05) is 19.6 Å². The van der Waals surface area contributed by atoms with E-state index in [1.165, 1.54) is 18.9 Å². The highest BCUT2D eigenvalue weighted by molar-refractivity contribution is 5.89. The Balaban J connectivity index is 2.83. The van der Waals surface area contributed by atoms with Crippen LogP contribution in [0, 0.1) is 0 Å². The number of morpholine rings is 1. The van der Waals surface area contributed by atoms with Crippen molar-refractivity contribution in [3.63, 3.8) is 0 Å². The van der Waals surface area contributed by atoms with Crippen molar-refractivity contribution >= 4 is 17.9 Å². The summed E-state index contributed by atoms with van der Waals surface area (Å²) in [7, 11) is 1.41. The number of ether oxygens (including phenoxy) is 1. The molecule has 0 aromatic heterocycles. The zero-order valence-corrected chi connectivity index (χ0v) is 12.8. The van der Waals surface area contributed by atoms with E-state index in [0.29, 0.717) is 6.61 Å². The summed E-state index contributed by atoms with van der Waals surface area (Å²) >= 11 is 0. The number of hydrogen-bond donors (Lipinski definition) is 2. The monoisotopic (exact) mass is 301 g/mol. The van der Waals surface area contributed by atoms with E-state index in [2.05, 4.69) is 5.32 Å². The number of aliphatic carboxylic acids is 1. The molecule has 8 heteroatoms. The summed E-state index contributed by atoms with van der Waals surface area (Å²) in [6, 6.07) is -2.24. The van der Waals surface area contributed by atoms with Gasteiger partial charge in [-0.1, -0.05) is 0 Å². The fraction of sp³-hybridized carbons (Fsp3) is 0.769. The van der Waals surface area contributed by atoms with Gasteiger partial charge in [0.15, 0.2) is 0 Å². The molecule has 1 rings (SSSR count). The van der Waals surface area contributed by atoms with Crippen LogP contribution >= 0.6 is 0 Å². The largest absolute Gasteiger partial charge is 0.480 e. The minimum atomic E-state index is -1.10. The van der Waals surface area contributed by atoms with Gasteiger partial charge in [-0.3, -0.25) is 4.79 Å². The molecule has 0 radical (unpaired) electrons. The van der Waals surface area contributed by atoms with Crippen molar-refractivity contribution < 1.29 is 24.2 Å². The quantitative estimate of drug-likeness (QED) is 0.745. The van der Waals surface area contributed by atoms with E-state index >= 15 is 0 Å². The second-order valence-electron chi connectivity index (χ2n) is 5.36. The lowest BCUT2D eigenvalue weighted by atomic mass is 10.2.